The van der Waals surface area contributed by atoms with Gasteiger partial charge in [-0.05, 0) is 118 Å². The van der Waals surface area contributed by atoms with E-state index in [-0.39, 0.29) is 0 Å². The average molecular weight is 698 g/mol. The summed E-state index contributed by atoms with van der Waals surface area (Å²) in [6.07, 6.45) is 0. The predicted molar refractivity (Wildman–Crippen MR) is 237 cm³/mol. The molecule has 11 rings (SSSR count). The third kappa shape index (κ3) is 5.24. The summed E-state index contributed by atoms with van der Waals surface area (Å²) in [7, 11) is 0. The quantitative estimate of drug-likeness (QED) is 0.162. The lowest BCUT2D eigenvalue weighted by molar-refractivity contribution is 1.30. The molecule has 1 heteroatoms. The van der Waals surface area contributed by atoms with E-state index >= 15 is 0 Å². The molecule has 1 nitrogen and oxygen atoms in total. The minimum Gasteiger partial charge on any atom is -0.310 e. The highest BCUT2D eigenvalue weighted by molar-refractivity contribution is 6.14. The normalized spacial score (nSPS) is 11.6. The van der Waals surface area contributed by atoms with E-state index in [1.165, 1.54) is 86.9 Å². The molecule has 0 unspecified atom stereocenters. The second-order valence-electron chi connectivity index (χ2n) is 14.5. The van der Waals surface area contributed by atoms with Crippen LogP contribution in [-0.2, 0) is 0 Å². The van der Waals surface area contributed by atoms with Crippen molar-refractivity contribution in [2.45, 2.75) is 0 Å². The third-order valence-electron chi connectivity index (χ3n) is 11.4. The lowest BCUT2D eigenvalue weighted by atomic mass is 9.94. The molecule has 0 radical (unpaired) electrons. The van der Waals surface area contributed by atoms with Crippen LogP contribution in [0.1, 0.15) is 0 Å². The first-order chi connectivity index (χ1) is 27.3. The lowest BCUT2D eigenvalue weighted by Gasteiger charge is -2.28. The monoisotopic (exact) mass is 697 g/mol. The van der Waals surface area contributed by atoms with Crippen molar-refractivity contribution < 1.29 is 0 Å². The molecule has 0 saturated heterocycles. The number of fused-ring (bicyclic) bond motifs is 9. The number of hydrogen-bond acceptors (Lipinski definition) is 1. The number of rotatable bonds is 5. The Kier molecular flexibility index (Phi) is 7.25. The van der Waals surface area contributed by atoms with Gasteiger partial charge in [-0.25, -0.2) is 0 Å². The van der Waals surface area contributed by atoms with Crippen LogP contribution < -0.4 is 4.90 Å². The molecule has 0 bridgehead atoms. The maximum atomic E-state index is 2.43. The van der Waals surface area contributed by atoms with Gasteiger partial charge in [-0.1, -0.05) is 176 Å². The van der Waals surface area contributed by atoms with Crippen LogP contribution in [0.25, 0.3) is 86.9 Å². The van der Waals surface area contributed by atoms with Crippen molar-refractivity contribution in [3.8, 4) is 22.3 Å². The van der Waals surface area contributed by atoms with Gasteiger partial charge in [0.2, 0.25) is 0 Å². The molecule has 0 aliphatic rings. The van der Waals surface area contributed by atoms with Crippen molar-refractivity contribution in [2.75, 3.05) is 4.90 Å². The van der Waals surface area contributed by atoms with E-state index in [0.717, 1.165) is 17.1 Å². The summed E-state index contributed by atoms with van der Waals surface area (Å²) in [4.78, 5) is 2.43. The van der Waals surface area contributed by atoms with Gasteiger partial charge in [-0.3, -0.25) is 0 Å². The average Bonchev–Trinajstić information content (AvgIpc) is 3.26. The summed E-state index contributed by atoms with van der Waals surface area (Å²) >= 11 is 0. The Balaban J connectivity index is 1.07. The van der Waals surface area contributed by atoms with E-state index in [2.05, 4.69) is 217 Å². The summed E-state index contributed by atoms with van der Waals surface area (Å²) in [5.41, 5.74) is 8.19. The molecule has 55 heavy (non-hydrogen) atoms. The van der Waals surface area contributed by atoms with E-state index in [9.17, 15) is 0 Å². The summed E-state index contributed by atoms with van der Waals surface area (Å²) in [5, 5.41) is 15.1. The number of benzene rings is 11. The van der Waals surface area contributed by atoms with Gasteiger partial charge in [0, 0.05) is 16.8 Å². The van der Waals surface area contributed by atoms with E-state index in [1.807, 2.05) is 0 Å². The SMILES string of the molecule is c1cc(-c2cccc3c2ccc2ccccc23)cc(N(c2ccc(-c3ccc4c(ccc5ccccc54)c3)cc2)c2cccc3c2ccc2ccccc23)c1. The van der Waals surface area contributed by atoms with E-state index < -0.39 is 0 Å². The molecule has 0 saturated carbocycles. The molecule has 11 aromatic carbocycles. The second-order valence-corrected chi connectivity index (χ2v) is 14.5. The maximum absolute atomic E-state index is 2.43. The van der Waals surface area contributed by atoms with Gasteiger partial charge in [0.15, 0.2) is 0 Å². The zero-order valence-electron chi connectivity index (χ0n) is 30.2. The van der Waals surface area contributed by atoms with Crippen LogP contribution in [0.15, 0.2) is 212 Å². The Morgan fingerprint density at radius 3 is 1.47 bits per heavy atom. The van der Waals surface area contributed by atoms with Crippen molar-refractivity contribution in [2.24, 2.45) is 0 Å². The minimum absolute atomic E-state index is 1.11. The molecule has 0 aromatic heterocycles. The van der Waals surface area contributed by atoms with Crippen LogP contribution in [0.5, 0.6) is 0 Å². The van der Waals surface area contributed by atoms with Gasteiger partial charge in [-0.2, -0.15) is 0 Å². The Labute approximate surface area is 320 Å². The molecular weight excluding hydrogens is 663 g/mol. The molecule has 0 aliphatic carbocycles. The topological polar surface area (TPSA) is 3.24 Å². The largest absolute Gasteiger partial charge is 0.310 e. The van der Waals surface area contributed by atoms with Crippen molar-refractivity contribution >= 4 is 81.7 Å². The van der Waals surface area contributed by atoms with Crippen molar-refractivity contribution in [1.29, 1.82) is 0 Å². The van der Waals surface area contributed by atoms with Crippen LogP contribution in [0.4, 0.5) is 17.1 Å². The molecule has 256 valence electrons. The van der Waals surface area contributed by atoms with Crippen molar-refractivity contribution in [3.05, 3.63) is 212 Å². The molecule has 0 spiro atoms. The molecule has 11 aromatic rings. The fraction of sp³-hybridized carbons (Fsp3) is 0. The van der Waals surface area contributed by atoms with E-state index in [1.54, 1.807) is 0 Å². The van der Waals surface area contributed by atoms with Crippen molar-refractivity contribution in [3.63, 3.8) is 0 Å². The smallest absolute Gasteiger partial charge is 0.0540 e. The second kappa shape index (κ2) is 12.7. The van der Waals surface area contributed by atoms with Crippen molar-refractivity contribution in [1.82, 2.24) is 0 Å². The van der Waals surface area contributed by atoms with Crippen LogP contribution in [0, 0.1) is 0 Å². The third-order valence-corrected chi connectivity index (χ3v) is 11.4. The molecule has 0 atom stereocenters. The zero-order valence-corrected chi connectivity index (χ0v) is 30.2. The van der Waals surface area contributed by atoms with Gasteiger partial charge >= 0.3 is 0 Å². The standard InChI is InChI=1S/C54H35N/c1-4-15-45-37(10-1)22-23-42-34-40(28-31-49(42)45)36-24-29-43(30-25-36)55(54-21-9-20-51-47-17-6-3-12-39(47)27-33-53(51)54)44-14-7-13-41(35-44)48-18-8-19-50-46-16-5-2-11-38(46)26-32-52(48)50/h1-35H. The first-order valence-corrected chi connectivity index (χ1v) is 19.0. The van der Waals surface area contributed by atoms with Crippen LogP contribution in [0.2, 0.25) is 0 Å². The van der Waals surface area contributed by atoms with Crippen LogP contribution in [0.3, 0.4) is 0 Å². The van der Waals surface area contributed by atoms with Gasteiger partial charge in [0.05, 0.1) is 5.69 Å². The Morgan fingerprint density at radius 2 is 0.745 bits per heavy atom. The predicted octanol–water partition coefficient (Wildman–Crippen LogP) is 15.4. The fourth-order valence-corrected chi connectivity index (χ4v) is 8.75. The summed E-state index contributed by atoms with van der Waals surface area (Å²) in [6, 6.07) is 77.9. The summed E-state index contributed by atoms with van der Waals surface area (Å²) in [6.45, 7) is 0. The van der Waals surface area contributed by atoms with E-state index in [4.69, 9.17) is 0 Å². The zero-order chi connectivity index (χ0) is 36.3. The van der Waals surface area contributed by atoms with Gasteiger partial charge in [0.25, 0.3) is 0 Å². The lowest BCUT2D eigenvalue weighted by Crippen LogP contribution is -2.10. The molecule has 0 fully saturated rings. The highest BCUT2D eigenvalue weighted by Crippen LogP contribution is 2.43. The van der Waals surface area contributed by atoms with Crippen LogP contribution >= 0.6 is 0 Å². The van der Waals surface area contributed by atoms with Crippen LogP contribution in [-0.4, -0.2) is 0 Å². The summed E-state index contributed by atoms with van der Waals surface area (Å²) in [5.74, 6) is 0. The number of anilines is 3. The number of nitrogens with zero attached hydrogens (tertiary/aromatic N) is 1. The molecular formula is C54H35N. The number of hydrogen-bond donors (Lipinski definition) is 0. The molecule has 0 aliphatic heterocycles. The maximum Gasteiger partial charge on any atom is 0.0540 e. The molecule has 0 heterocycles. The first-order valence-electron chi connectivity index (χ1n) is 19.0. The minimum atomic E-state index is 1.11. The molecule has 0 amide bonds. The Hall–Kier alpha value is -7.22. The summed E-state index contributed by atoms with van der Waals surface area (Å²) < 4.78 is 0. The Bertz CT molecular complexity index is 3260. The van der Waals surface area contributed by atoms with Gasteiger partial charge < -0.3 is 4.90 Å². The van der Waals surface area contributed by atoms with E-state index in [0.29, 0.717) is 0 Å². The molecule has 0 N–H and O–H groups in total. The highest BCUT2D eigenvalue weighted by Gasteiger charge is 2.18. The highest BCUT2D eigenvalue weighted by atomic mass is 15.1. The van der Waals surface area contributed by atoms with Gasteiger partial charge in [0.1, 0.15) is 0 Å². The first kappa shape index (κ1) is 31.3. The van der Waals surface area contributed by atoms with Gasteiger partial charge in [-0.15, -0.1) is 0 Å². The Morgan fingerprint density at radius 1 is 0.236 bits per heavy atom. The fourth-order valence-electron chi connectivity index (χ4n) is 8.75.